The summed E-state index contributed by atoms with van der Waals surface area (Å²) >= 11 is 4.68. The average Bonchev–Trinajstić information content (AvgIpc) is 2.92. The van der Waals surface area contributed by atoms with Crippen molar-refractivity contribution < 1.29 is 4.74 Å². The fraction of sp³-hybridized carbons (Fsp3) is 0.0833. The summed E-state index contributed by atoms with van der Waals surface area (Å²) in [6, 6.07) is 7.45. The molecule has 0 fully saturated rings. The molecule has 19 heavy (non-hydrogen) atoms. The first-order chi connectivity index (χ1) is 9.20. The van der Waals surface area contributed by atoms with Crippen molar-refractivity contribution in [3.63, 3.8) is 0 Å². The molecule has 2 aromatic rings. The Morgan fingerprint density at radius 3 is 3.05 bits per heavy atom. The van der Waals surface area contributed by atoms with Gasteiger partial charge in [-0.25, -0.2) is 4.68 Å². The minimum atomic E-state index is 0.111. The first-order valence-corrected chi connectivity index (χ1v) is 5.88. The number of hydrazone groups is 1. The average molecular weight is 275 g/mol. The number of nitrogens with one attached hydrogen (secondary N) is 1. The highest BCUT2D eigenvalue weighted by molar-refractivity contribution is 7.80. The lowest BCUT2D eigenvalue weighted by molar-refractivity contribution is 0.414. The van der Waals surface area contributed by atoms with Gasteiger partial charge in [-0.1, -0.05) is 0 Å². The van der Waals surface area contributed by atoms with E-state index in [9.17, 15) is 0 Å². The van der Waals surface area contributed by atoms with Gasteiger partial charge in [0.1, 0.15) is 5.75 Å². The molecule has 1 heterocycles. The van der Waals surface area contributed by atoms with Crippen LogP contribution in [0.1, 0.15) is 5.56 Å². The molecule has 0 aliphatic heterocycles. The van der Waals surface area contributed by atoms with Crippen molar-refractivity contribution in [2.75, 3.05) is 7.11 Å². The number of nitrogens with two attached hydrogens (primary N) is 1. The van der Waals surface area contributed by atoms with Gasteiger partial charge in [-0.2, -0.15) is 10.2 Å². The zero-order valence-electron chi connectivity index (χ0n) is 10.3. The van der Waals surface area contributed by atoms with Gasteiger partial charge in [0.25, 0.3) is 0 Å². The lowest BCUT2D eigenvalue weighted by atomic mass is 10.2. The zero-order chi connectivity index (χ0) is 13.7. The van der Waals surface area contributed by atoms with E-state index in [1.807, 2.05) is 30.5 Å². The topological polar surface area (TPSA) is 77.5 Å². The Bertz CT molecular complexity index is 594. The van der Waals surface area contributed by atoms with Crippen LogP contribution in [0.4, 0.5) is 0 Å². The highest BCUT2D eigenvalue weighted by Crippen LogP contribution is 2.19. The van der Waals surface area contributed by atoms with Crippen LogP contribution in [0.15, 0.2) is 41.8 Å². The molecule has 3 N–H and O–H groups in total. The molecule has 1 aromatic carbocycles. The third-order valence-electron chi connectivity index (χ3n) is 2.36. The van der Waals surface area contributed by atoms with Crippen molar-refractivity contribution in [2.45, 2.75) is 0 Å². The van der Waals surface area contributed by atoms with Crippen molar-refractivity contribution >= 4 is 23.5 Å². The predicted octanol–water partition coefficient (Wildman–Crippen LogP) is 1.05. The van der Waals surface area contributed by atoms with E-state index in [1.54, 1.807) is 24.2 Å². The van der Waals surface area contributed by atoms with Crippen LogP contribution in [-0.2, 0) is 0 Å². The second-order valence-electron chi connectivity index (χ2n) is 3.61. The van der Waals surface area contributed by atoms with Gasteiger partial charge in [-0.15, -0.1) is 0 Å². The SMILES string of the molecule is COc1ccc(-n2cccn2)c(C=NNC(N)=S)c1. The van der Waals surface area contributed by atoms with Crippen LogP contribution >= 0.6 is 12.2 Å². The second kappa shape index (κ2) is 5.96. The van der Waals surface area contributed by atoms with Crippen LogP contribution in [0.2, 0.25) is 0 Å². The number of rotatable bonds is 4. The van der Waals surface area contributed by atoms with Crippen LogP contribution in [-0.4, -0.2) is 28.2 Å². The molecule has 7 heteroatoms. The zero-order valence-corrected chi connectivity index (χ0v) is 11.1. The fourth-order valence-corrected chi connectivity index (χ4v) is 1.60. The molecule has 98 valence electrons. The molecule has 6 nitrogen and oxygen atoms in total. The number of ether oxygens (including phenoxy) is 1. The van der Waals surface area contributed by atoms with Gasteiger partial charge in [-0.05, 0) is 36.5 Å². The van der Waals surface area contributed by atoms with Crippen LogP contribution in [0.5, 0.6) is 5.75 Å². The number of benzene rings is 1. The summed E-state index contributed by atoms with van der Waals surface area (Å²) in [4.78, 5) is 0. The van der Waals surface area contributed by atoms with Crippen LogP contribution in [0.3, 0.4) is 0 Å². The second-order valence-corrected chi connectivity index (χ2v) is 4.05. The van der Waals surface area contributed by atoms with E-state index in [2.05, 4.69) is 27.8 Å². The van der Waals surface area contributed by atoms with Crippen LogP contribution in [0.25, 0.3) is 5.69 Å². The van der Waals surface area contributed by atoms with Gasteiger partial charge >= 0.3 is 0 Å². The number of methoxy groups -OCH3 is 1. The molecule has 0 aliphatic carbocycles. The molecule has 2 rings (SSSR count). The Kier molecular flexibility index (Phi) is 4.09. The smallest absolute Gasteiger partial charge is 0.184 e. The van der Waals surface area contributed by atoms with Crippen LogP contribution in [0, 0.1) is 0 Å². The molecule has 0 atom stereocenters. The number of aromatic nitrogens is 2. The molecular weight excluding hydrogens is 262 g/mol. The molecule has 0 unspecified atom stereocenters. The molecule has 0 amide bonds. The summed E-state index contributed by atoms with van der Waals surface area (Å²) in [7, 11) is 1.61. The van der Waals surface area contributed by atoms with Gasteiger partial charge in [0.2, 0.25) is 0 Å². The molecule has 0 spiro atoms. The van der Waals surface area contributed by atoms with E-state index < -0.39 is 0 Å². The van der Waals surface area contributed by atoms with E-state index in [1.165, 1.54) is 0 Å². The Balaban J connectivity index is 2.37. The minimum absolute atomic E-state index is 0.111. The standard InChI is InChI=1S/C12H13N5OS/c1-18-10-3-4-11(17-6-2-5-15-17)9(7-10)8-14-16-12(13)19/h2-8H,1H3,(H3,13,16,19). The lowest BCUT2D eigenvalue weighted by Gasteiger charge is -2.08. The monoisotopic (exact) mass is 275 g/mol. The number of nitrogens with zero attached hydrogens (tertiary/aromatic N) is 3. The lowest BCUT2D eigenvalue weighted by Crippen LogP contribution is -2.24. The maximum absolute atomic E-state index is 5.31. The first-order valence-electron chi connectivity index (χ1n) is 5.47. The number of thiocarbonyl (C=S) groups is 1. The van der Waals surface area contributed by atoms with E-state index in [0.29, 0.717) is 0 Å². The molecule has 0 saturated heterocycles. The predicted molar refractivity (Wildman–Crippen MR) is 77.6 cm³/mol. The Morgan fingerprint density at radius 2 is 2.42 bits per heavy atom. The molecule has 0 bridgehead atoms. The van der Waals surface area contributed by atoms with E-state index in [4.69, 9.17) is 10.5 Å². The van der Waals surface area contributed by atoms with Gasteiger partial charge in [-0.3, -0.25) is 5.43 Å². The summed E-state index contributed by atoms with van der Waals surface area (Å²) in [5, 5.41) is 8.25. The Labute approximate surface area is 115 Å². The minimum Gasteiger partial charge on any atom is -0.497 e. The highest BCUT2D eigenvalue weighted by atomic mass is 32.1. The summed E-state index contributed by atoms with van der Waals surface area (Å²) in [5.74, 6) is 0.729. The first kappa shape index (κ1) is 13.0. The largest absolute Gasteiger partial charge is 0.497 e. The maximum atomic E-state index is 5.31. The van der Waals surface area contributed by atoms with Crippen molar-refractivity contribution in [3.8, 4) is 11.4 Å². The summed E-state index contributed by atoms with van der Waals surface area (Å²) in [6.07, 6.45) is 5.16. The van der Waals surface area contributed by atoms with Crippen molar-refractivity contribution in [1.29, 1.82) is 0 Å². The number of hydrogen-bond donors (Lipinski definition) is 2. The van der Waals surface area contributed by atoms with E-state index in [-0.39, 0.29) is 5.11 Å². The van der Waals surface area contributed by atoms with Crippen molar-refractivity contribution in [2.24, 2.45) is 10.8 Å². The van der Waals surface area contributed by atoms with E-state index >= 15 is 0 Å². The fourth-order valence-electron chi connectivity index (χ4n) is 1.55. The molecule has 0 aliphatic rings. The molecule has 0 saturated carbocycles. The van der Waals surface area contributed by atoms with Gasteiger partial charge in [0.05, 0.1) is 19.0 Å². The van der Waals surface area contributed by atoms with Gasteiger partial charge in [0, 0.05) is 18.0 Å². The summed E-state index contributed by atoms with van der Waals surface area (Å²) in [5.41, 5.74) is 9.52. The van der Waals surface area contributed by atoms with Crippen molar-refractivity contribution in [1.82, 2.24) is 15.2 Å². The van der Waals surface area contributed by atoms with Crippen molar-refractivity contribution in [3.05, 3.63) is 42.2 Å². The van der Waals surface area contributed by atoms with Gasteiger partial charge < -0.3 is 10.5 Å². The third kappa shape index (κ3) is 3.29. The molecule has 1 aromatic heterocycles. The molecule has 0 radical (unpaired) electrons. The molecular formula is C12H13N5OS. The third-order valence-corrected chi connectivity index (χ3v) is 2.46. The number of hydrogen-bond acceptors (Lipinski definition) is 4. The highest BCUT2D eigenvalue weighted by Gasteiger charge is 2.05. The quantitative estimate of drug-likeness (QED) is 0.495. The van der Waals surface area contributed by atoms with Gasteiger partial charge in [0.15, 0.2) is 5.11 Å². The summed E-state index contributed by atoms with van der Waals surface area (Å²) < 4.78 is 6.93. The Morgan fingerprint density at radius 1 is 1.58 bits per heavy atom. The Hall–Kier alpha value is -2.41. The van der Waals surface area contributed by atoms with E-state index in [0.717, 1.165) is 17.0 Å². The van der Waals surface area contributed by atoms with Crippen LogP contribution < -0.4 is 15.9 Å². The normalized spacial score (nSPS) is 10.6. The summed E-state index contributed by atoms with van der Waals surface area (Å²) in [6.45, 7) is 0. The maximum Gasteiger partial charge on any atom is 0.184 e.